The summed E-state index contributed by atoms with van der Waals surface area (Å²) in [5, 5.41) is 11.5. The van der Waals surface area contributed by atoms with E-state index in [1.165, 1.54) is 12.8 Å². The van der Waals surface area contributed by atoms with E-state index in [0.29, 0.717) is 5.69 Å². The summed E-state index contributed by atoms with van der Waals surface area (Å²) in [7, 11) is 2.11. The molecule has 0 aliphatic heterocycles. The molecule has 86 valence electrons. The van der Waals surface area contributed by atoms with Crippen LogP contribution in [0.3, 0.4) is 0 Å². The fourth-order valence-electron chi connectivity index (χ4n) is 1.70. The summed E-state index contributed by atoms with van der Waals surface area (Å²) in [5.74, 6) is 0.0518. The fraction of sp³-hybridized carbons (Fsp3) is 0.455. The number of rotatable bonds is 4. The van der Waals surface area contributed by atoms with Gasteiger partial charge >= 0.3 is 0 Å². The van der Waals surface area contributed by atoms with Gasteiger partial charge in [0, 0.05) is 18.8 Å². The van der Waals surface area contributed by atoms with Crippen LogP contribution >= 0.6 is 0 Å². The van der Waals surface area contributed by atoms with E-state index < -0.39 is 0 Å². The van der Waals surface area contributed by atoms with Crippen molar-refractivity contribution < 1.29 is 5.21 Å². The Labute approximate surface area is 94.6 Å². The molecule has 0 bridgehead atoms. The van der Waals surface area contributed by atoms with E-state index in [1.54, 1.807) is 6.20 Å². The van der Waals surface area contributed by atoms with Crippen LogP contribution in [0.2, 0.25) is 0 Å². The van der Waals surface area contributed by atoms with Gasteiger partial charge in [-0.15, -0.1) is 0 Å². The molecule has 0 saturated heterocycles. The minimum Gasteiger partial charge on any atom is -0.409 e. The van der Waals surface area contributed by atoms with Crippen LogP contribution in [0.1, 0.15) is 24.1 Å². The highest BCUT2D eigenvalue weighted by molar-refractivity contribution is 5.95. The van der Waals surface area contributed by atoms with Gasteiger partial charge in [-0.1, -0.05) is 5.16 Å². The highest BCUT2D eigenvalue weighted by atomic mass is 16.4. The molecular formula is C11H16N4O. The predicted molar refractivity (Wildman–Crippen MR) is 61.2 cm³/mol. The van der Waals surface area contributed by atoms with Crippen LogP contribution in [0.25, 0.3) is 0 Å². The van der Waals surface area contributed by atoms with Crippen LogP contribution in [0.5, 0.6) is 0 Å². The summed E-state index contributed by atoms with van der Waals surface area (Å²) < 4.78 is 0. The first kappa shape index (κ1) is 10.9. The molecule has 0 spiro atoms. The lowest BCUT2D eigenvalue weighted by Gasteiger charge is -2.15. The van der Waals surface area contributed by atoms with Gasteiger partial charge in [-0.05, 0) is 37.6 Å². The minimum absolute atomic E-state index is 0.0518. The minimum atomic E-state index is 0.0518. The number of pyridine rings is 1. The average molecular weight is 220 g/mol. The maximum absolute atomic E-state index is 8.57. The molecule has 1 saturated carbocycles. The molecule has 16 heavy (non-hydrogen) atoms. The van der Waals surface area contributed by atoms with Gasteiger partial charge in [0.05, 0.1) is 0 Å². The van der Waals surface area contributed by atoms with Crippen molar-refractivity contribution in [2.24, 2.45) is 10.9 Å². The van der Waals surface area contributed by atoms with Gasteiger partial charge in [0.2, 0.25) is 0 Å². The van der Waals surface area contributed by atoms with E-state index in [2.05, 4.69) is 22.1 Å². The Morgan fingerprint density at radius 1 is 1.69 bits per heavy atom. The van der Waals surface area contributed by atoms with Crippen LogP contribution in [-0.2, 0) is 6.54 Å². The predicted octanol–water partition coefficient (Wildman–Crippen LogP) is 0.770. The van der Waals surface area contributed by atoms with E-state index in [4.69, 9.17) is 10.9 Å². The lowest BCUT2D eigenvalue weighted by Crippen LogP contribution is -2.21. The molecule has 1 aromatic heterocycles. The van der Waals surface area contributed by atoms with E-state index in [1.807, 2.05) is 12.1 Å². The van der Waals surface area contributed by atoms with E-state index in [-0.39, 0.29) is 5.84 Å². The summed E-state index contributed by atoms with van der Waals surface area (Å²) >= 11 is 0. The quantitative estimate of drug-likeness (QED) is 0.340. The number of hydrogen-bond acceptors (Lipinski definition) is 4. The second kappa shape index (κ2) is 4.49. The number of nitrogens with two attached hydrogens (primary N) is 1. The number of aromatic nitrogens is 1. The van der Waals surface area contributed by atoms with Crippen LogP contribution in [0.15, 0.2) is 23.5 Å². The maximum atomic E-state index is 8.57. The number of oxime groups is 1. The summed E-state index contributed by atoms with van der Waals surface area (Å²) in [6.07, 6.45) is 4.26. The van der Waals surface area contributed by atoms with Gasteiger partial charge in [-0.2, -0.15) is 0 Å². The van der Waals surface area contributed by atoms with Crippen molar-refractivity contribution >= 4 is 5.84 Å². The lowest BCUT2D eigenvalue weighted by molar-refractivity contribution is 0.316. The first-order valence-electron chi connectivity index (χ1n) is 5.34. The van der Waals surface area contributed by atoms with Crippen molar-refractivity contribution in [1.29, 1.82) is 0 Å². The standard InChI is InChI=1S/C11H16N4O/c1-15(9-2-3-9)7-8-4-5-13-10(6-8)11(12)14-16/h4-6,9,16H,2-3,7H2,1H3,(H2,12,14). The van der Waals surface area contributed by atoms with Gasteiger partial charge in [0.15, 0.2) is 5.84 Å². The topological polar surface area (TPSA) is 74.7 Å². The van der Waals surface area contributed by atoms with Crippen molar-refractivity contribution in [2.75, 3.05) is 7.05 Å². The zero-order chi connectivity index (χ0) is 11.5. The highest BCUT2D eigenvalue weighted by Gasteiger charge is 2.25. The molecule has 5 heteroatoms. The molecular weight excluding hydrogens is 204 g/mol. The fourth-order valence-corrected chi connectivity index (χ4v) is 1.70. The van der Waals surface area contributed by atoms with Gasteiger partial charge in [0.1, 0.15) is 5.69 Å². The van der Waals surface area contributed by atoms with Crippen molar-refractivity contribution in [3.63, 3.8) is 0 Å². The normalized spacial score (nSPS) is 16.8. The molecule has 0 aromatic carbocycles. The zero-order valence-corrected chi connectivity index (χ0v) is 9.30. The largest absolute Gasteiger partial charge is 0.409 e. The second-order valence-electron chi connectivity index (χ2n) is 4.18. The SMILES string of the molecule is CN(Cc1ccnc(C(N)=NO)c1)C1CC1. The molecule has 3 N–H and O–H groups in total. The molecule has 5 nitrogen and oxygen atoms in total. The van der Waals surface area contributed by atoms with E-state index in [9.17, 15) is 0 Å². The van der Waals surface area contributed by atoms with Gasteiger partial charge in [-0.25, -0.2) is 0 Å². The number of amidine groups is 1. The lowest BCUT2D eigenvalue weighted by atomic mass is 10.2. The Balaban J connectivity index is 2.09. The van der Waals surface area contributed by atoms with Crippen molar-refractivity contribution in [3.8, 4) is 0 Å². The maximum Gasteiger partial charge on any atom is 0.188 e. The second-order valence-corrected chi connectivity index (χ2v) is 4.18. The van der Waals surface area contributed by atoms with Crippen LogP contribution in [-0.4, -0.2) is 34.0 Å². The zero-order valence-electron chi connectivity index (χ0n) is 9.30. The van der Waals surface area contributed by atoms with Crippen LogP contribution < -0.4 is 5.73 Å². The molecule has 1 aromatic rings. The average Bonchev–Trinajstić information content (AvgIpc) is 3.12. The summed E-state index contributed by atoms with van der Waals surface area (Å²) in [6.45, 7) is 0.874. The Hall–Kier alpha value is -1.62. The van der Waals surface area contributed by atoms with Crippen molar-refractivity contribution in [2.45, 2.75) is 25.4 Å². The monoisotopic (exact) mass is 220 g/mol. The van der Waals surface area contributed by atoms with Gasteiger partial charge < -0.3 is 10.9 Å². The molecule has 1 aliphatic carbocycles. The smallest absolute Gasteiger partial charge is 0.188 e. The first-order chi connectivity index (χ1) is 7.70. The Kier molecular flexibility index (Phi) is 3.05. The third-order valence-corrected chi connectivity index (χ3v) is 2.80. The third-order valence-electron chi connectivity index (χ3n) is 2.80. The molecule has 1 aliphatic rings. The Bertz CT molecular complexity index is 401. The molecule has 0 unspecified atom stereocenters. The summed E-state index contributed by atoms with van der Waals surface area (Å²) in [5.41, 5.74) is 7.14. The molecule has 2 rings (SSSR count). The summed E-state index contributed by atoms with van der Waals surface area (Å²) in [6, 6.07) is 4.53. The Morgan fingerprint density at radius 2 is 2.44 bits per heavy atom. The molecule has 0 radical (unpaired) electrons. The molecule has 1 fully saturated rings. The van der Waals surface area contributed by atoms with Crippen molar-refractivity contribution in [1.82, 2.24) is 9.88 Å². The molecule has 0 amide bonds. The van der Waals surface area contributed by atoms with E-state index in [0.717, 1.165) is 18.2 Å². The highest BCUT2D eigenvalue weighted by Crippen LogP contribution is 2.26. The number of nitrogens with zero attached hydrogens (tertiary/aromatic N) is 3. The van der Waals surface area contributed by atoms with E-state index >= 15 is 0 Å². The summed E-state index contributed by atoms with van der Waals surface area (Å²) in [4.78, 5) is 6.35. The van der Waals surface area contributed by atoms with Crippen LogP contribution in [0.4, 0.5) is 0 Å². The molecule has 1 heterocycles. The van der Waals surface area contributed by atoms with Crippen LogP contribution in [0, 0.1) is 0 Å². The van der Waals surface area contributed by atoms with Crippen molar-refractivity contribution in [3.05, 3.63) is 29.6 Å². The number of hydrogen-bond donors (Lipinski definition) is 2. The van der Waals surface area contributed by atoms with Gasteiger partial charge in [0.25, 0.3) is 0 Å². The Morgan fingerprint density at radius 3 is 3.06 bits per heavy atom. The van der Waals surface area contributed by atoms with Gasteiger partial charge in [-0.3, -0.25) is 9.88 Å². The third kappa shape index (κ3) is 2.49. The first-order valence-corrected chi connectivity index (χ1v) is 5.34. The molecule has 0 atom stereocenters.